The van der Waals surface area contributed by atoms with Crippen LogP contribution in [0.25, 0.3) is 1.43 Å². The Kier molecular flexibility index (Phi) is 2.76. The van der Waals surface area contributed by atoms with Crippen molar-refractivity contribution in [2.75, 3.05) is 5.75 Å². The van der Waals surface area contributed by atoms with Gasteiger partial charge in [0.2, 0.25) is 0 Å². The average Bonchev–Trinajstić information content (AvgIpc) is 1.87. The number of aliphatic carboxylic acids is 1. The molecule has 0 aromatic heterocycles. The quantitative estimate of drug-likeness (QED) is 0.467. The molecule has 0 aromatic rings. The van der Waals surface area contributed by atoms with Gasteiger partial charge in [-0.2, -0.15) is 12.6 Å². The molecule has 0 aliphatic carbocycles. The normalized spacial score (nSPS) is 14.5. The Hall–Kier alpha value is -0.220. The van der Waals surface area contributed by atoms with Gasteiger partial charge in [-0.15, -0.1) is 0 Å². The molecule has 0 amide bonds. The number of hydrogen-bond donors (Lipinski definition) is 3. The SMILES string of the molecule is [2H]OC(=O)[C@@H](N)CCS. The molecule has 0 heterocycles. The van der Waals surface area contributed by atoms with Crippen LogP contribution < -0.4 is 5.73 Å². The van der Waals surface area contributed by atoms with E-state index in [1.807, 2.05) is 0 Å². The molecule has 4 heteroatoms. The summed E-state index contributed by atoms with van der Waals surface area (Å²) in [6.07, 6.45) is 0.445. The van der Waals surface area contributed by atoms with E-state index in [1.54, 1.807) is 0 Å². The van der Waals surface area contributed by atoms with Crippen LogP contribution in [0.1, 0.15) is 6.42 Å². The number of carboxylic acid groups (broad SMARTS) is 1. The second-order valence-electron chi connectivity index (χ2n) is 1.44. The second kappa shape index (κ2) is 3.74. The molecule has 0 aliphatic rings. The minimum absolute atomic E-state index is 0.445. The monoisotopic (exact) mass is 136 g/mol. The van der Waals surface area contributed by atoms with Crippen molar-refractivity contribution in [3.05, 3.63) is 0 Å². The van der Waals surface area contributed by atoms with Crippen molar-refractivity contribution in [2.24, 2.45) is 5.73 Å². The summed E-state index contributed by atoms with van der Waals surface area (Å²) in [7, 11) is 0. The van der Waals surface area contributed by atoms with Crippen molar-refractivity contribution < 1.29 is 9.90 Å². The van der Waals surface area contributed by atoms with Crippen molar-refractivity contribution in [3.8, 4) is 0 Å². The standard InChI is InChI=1S/C4H9NO2S/c5-3(1-2-8)4(6)7/h3,8H,1-2,5H2,(H,6,7)/t3-/m0/s1/i/hD. The molecular weight excluding hydrogens is 126 g/mol. The zero-order chi connectivity index (χ0) is 7.28. The number of hydrogen-bond acceptors (Lipinski definition) is 4. The molecule has 0 aromatic carbocycles. The second-order valence-corrected chi connectivity index (χ2v) is 1.89. The lowest BCUT2D eigenvalue weighted by atomic mass is 10.2. The van der Waals surface area contributed by atoms with Crippen molar-refractivity contribution >= 4 is 18.6 Å². The van der Waals surface area contributed by atoms with Crippen LogP contribution in [0.3, 0.4) is 0 Å². The molecule has 48 valence electrons. The summed E-state index contributed by atoms with van der Waals surface area (Å²) in [5.74, 6) is -0.181. The molecular formula is C4H9NO2S. The molecule has 0 radical (unpaired) electrons. The molecule has 0 spiro atoms. The number of rotatable bonds is 3. The van der Waals surface area contributed by atoms with Gasteiger partial charge in [-0.25, -0.2) is 0 Å². The highest BCUT2D eigenvalue weighted by Crippen LogP contribution is 1.88. The number of nitrogens with two attached hydrogens (primary N) is 1. The third-order valence-corrected chi connectivity index (χ3v) is 1.00. The van der Waals surface area contributed by atoms with E-state index in [9.17, 15) is 4.79 Å². The van der Waals surface area contributed by atoms with Gasteiger partial charge in [0.25, 0.3) is 1.43 Å². The molecule has 3 nitrogen and oxygen atoms in total. The molecule has 3 N–H and O–H groups in total. The Morgan fingerprint density at radius 2 is 2.75 bits per heavy atom. The molecule has 1 atom stereocenters. The highest BCUT2D eigenvalue weighted by Gasteiger charge is 2.08. The predicted octanol–water partition coefficient (Wildman–Crippen LogP) is -0.282. The van der Waals surface area contributed by atoms with E-state index in [0.717, 1.165) is 0 Å². The van der Waals surface area contributed by atoms with Crippen LogP contribution in [-0.4, -0.2) is 22.9 Å². The van der Waals surface area contributed by atoms with Crippen LogP contribution >= 0.6 is 12.6 Å². The number of carboxylic acids is 1. The van der Waals surface area contributed by atoms with E-state index in [4.69, 9.17) is 7.16 Å². The van der Waals surface area contributed by atoms with E-state index in [-0.39, 0.29) is 0 Å². The van der Waals surface area contributed by atoms with E-state index in [2.05, 4.69) is 17.7 Å². The third kappa shape index (κ3) is 2.87. The van der Waals surface area contributed by atoms with Gasteiger partial charge >= 0.3 is 5.97 Å². The first-order chi connectivity index (χ1) is 4.22. The molecule has 0 bridgehead atoms. The van der Waals surface area contributed by atoms with Gasteiger partial charge in [-0.05, 0) is 12.2 Å². The fourth-order valence-electron chi connectivity index (χ4n) is 0.257. The van der Waals surface area contributed by atoms with Crippen LogP contribution in [0.4, 0.5) is 0 Å². The van der Waals surface area contributed by atoms with Crippen molar-refractivity contribution in [1.82, 2.24) is 0 Å². The number of carbonyl (C=O) groups is 1. The van der Waals surface area contributed by atoms with Gasteiger partial charge in [-0.3, -0.25) is 4.79 Å². The Labute approximate surface area is 54.8 Å². The first-order valence-corrected chi connectivity index (χ1v) is 2.89. The minimum Gasteiger partial charge on any atom is -0.480 e. The van der Waals surface area contributed by atoms with Crippen LogP contribution in [0.2, 0.25) is 0 Å². The van der Waals surface area contributed by atoms with Crippen LogP contribution in [0, 0.1) is 0 Å². The lowest BCUT2D eigenvalue weighted by Gasteiger charge is -2.00. The maximum atomic E-state index is 10.3. The lowest BCUT2D eigenvalue weighted by molar-refractivity contribution is -0.138. The molecule has 0 saturated heterocycles. The van der Waals surface area contributed by atoms with E-state index >= 15 is 0 Å². The maximum Gasteiger partial charge on any atom is 0.320 e. The smallest absolute Gasteiger partial charge is 0.320 e. The maximum absolute atomic E-state index is 10.3. The van der Waals surface area contributed by atoms with E-state index in [0.29, 0.717) is 12.2 Å². The lowest BCUT2D eigenvalue weighted by Crippen LogP contribution is -2.30. The van der Waals surface area contributed by atoms with E-state index < -0.39 is 12.0 Å². The van der Waals surface area contributed by atoms with E-state index in [1.165, 1.54) is 0 Å². The summed E-state index contributed by atoms with van der Waals surface area (Å²) in [5, 5.41) is 3.62. The summed E-state index contributed by atoms with van der Waals surface area (Å²) in [6, 6.07) is -0.694. The van der Waals surface area contributed by atoms with Gasteiger partial charge < -0.3 is 10.8 Å². The van der Waals surface area contributed by atoms with Crippen molar-refractivity contribution in [2.45, 2.75) is 12.5 Å². The fraction of sp³-hybridized carbons (Fsp3) is 0.750. The van der Waals surface area contributed by atoms with Crippen LogP contribution in [-0.2, 0) is 4.79 Å². The van der Waals surface area contributed by atoms with Crippen molar-refractivity contribution in [1.29, 1.82) is 1.43 Å². The van der Waals surface area contributed by atoms with Crippen LogP contribution in [0.5, 0.6) is 0 Å². The zero-order valence-electron chi connectivity index (χ0n) is 5.33. The fourth-order valence-corrected chi connectivity index (χ4v) is 0.535. The highest BCUT2D eigenvalue weighted by molar-refractivity contribution is 7.80. The Morgan fingerprint density at radius 1 is 2.12 bits per heavy atom. The first kappa shape index (κ1) is 5.91. The molecule has 0 saturated carbocycles. The topological polar surface area (TPSA) is 63.3 Å². The Bertz CT molecular complexity index is 101. The number of thiol groups is 1. The van der Waals surface area contributed by atoms with Gasteiger partial charge in [0.15, 0.2) is 0 Å². The van der Waals surface area contributed by atoms with Crippen LogP contribution in [0.15, 0.2) is 0 Å². The average molecular weight is 136 g/mol. The van der Waals surface area contributed by atoms with Gasteiger partial charge in [0, 0.05) is 0 Å². The zero-order valence-corrected chi connectivity index (χ0v) is 5.23. The summed E-state index contributed by atoms with van der Waals surface area (Å²) in [4.78, 5) is 10.3. The molecule has 8 heavy (non-hydrogen) atoms. The van der Waals surface area contributed by atoms with Gasteiger partial charge in [-0.1, -0.05) is 0 Å². The summed E-state index contributed by atoms with van der Waals surface area (Å²) in [5.41, 5.74) is 5.19. The van der Waals surface area contributed by atoms with Crippen molar-refractivity contribution in [3.63, 3.8) is 0 Å². The molecule has 0 unspecified atom stereocenters. The highest BCUT2D eigenvalue weighted by atomic mass is 32.1. The molecule has 0 aliphatic heterocycles. The molecule has 0 fully saturated rings. The third-order valence-electron chi connectivity index (χ3n) is 0.743. The summed E-state index contributed by atoms with van der Waals surface area (Å²) < 4.78 is 6.16. The Balaban J connectivity index is 3.45. The van der Waals surface area contributed by atoms with Gasteiger partial charge in [0.05, 0.1) is 0 Å². The Morgan fingerprint density at radius 3 is 3.12 bits per heavy atom. The van der Waals surface area contributed by atoms with Gasteiger partial charge in [0.1, 0.15) is 6.04 Å². The minimum atomic E-state index is -0.705. The predicted molar refractivity (Wildman–Crippen MR) is 34.1 cm³/mol. The summed E-state index contributed by atoms with van der Waals surface area (Å²) in [6.45, 7) is 0. The molecule has 0 rings (SSSR count). The first-order valence-electron chi connectivity index (χ1n) is 2.66. The largest absolute Gasteiger partial charge is 0.480 e. The summed E-state index contributed by atoms with van der Waals surface area (Å²) >= 11 is 3.84.